The summed E-state index contributed by atoms with van der Waals surface area (Å²) in [5.41, 5.74) is 6.52. The van der Waals surface area contributed by atoms with E-state index in [2.05, 4.69) is 20.6 Å². The number of thioether (sulfide) groups is 1. The minimum Gasteiger partial charge on any atom is -0.481 e. The first kappa shape index (κ1) is 21.9. The predicted octanol–water partition coefficient (Wildman–Crippen LogP) is 2.41. The number of carboxylic acid groups (broad SMARTS) is 1. The molecule has 1 heterocycles. The Hall–Kier alpha value is -3.39. The summed E-state index contributed by atoms with van der Waals surface area (Å²) in [6.07, 6.45) is 1.33. The maximum absolute atomic E-state index is 12.8. The van der Waals surface area contributed by atoms with Crippen LogP contribution >= 0.6 is 11.8 Å². The number of aromatic nitrogens is 2. The topological polar surface area (TPSA) is 154 Å². The normalized spacial score (nSPS) is 11.3. The summed E-state index contributed by atoms with van der Waals surface area (Å²) in [5, 5.41) is 24.2. The van der Waals surface area contributed by atoms with Gasteiger partial charge in [-0.3, -0.25) is 9.59 Å². The molecule has 0 saturated carbocycles. The number of benzene rings is 1. The summed E-state index contributed by atoms with van der Waals surface area (Å²) in [6, 6.07) is 7.15. The van der Waals surface area contributed by atoms with Crippen molar-refractivity contribution in [2.24, 2.45) is 0 Å². The maximum Gasteiger partial charge on any atom is 0.303 e. The minimum atomic E-state index is -1.09. The smallest absolute Gasteiger partial charge is 0.303 e. The summed E-state index contributed by atoms with van der Waals surface area (Å²) < 4.78 is 12.8. The molecule has 152 valence electrons. The van der Waals surface area contributed by atoms with E-state index in [0.717, 1.165) is 0 Å². The number of hydrogen-bond acceptors (Lipinski definition) is 8. The molecule has 0 aliphatic rings. The Bertz CT molecular complexity index is 950. The maximum atomic E-state index is 12.8. The Morgan fingerprint density at radius 3 is 2.79 bits per heavy atom. The minimum absolute atomic E-state index is 0.0346. The number of carbonyl (C=O) groups is 2. The molecular weight excluding hydrogens is 399 g/mol. The fourth-order valence-corrected chi connectivity index (χ4v) is 3.00. The number of amides is 1. The number of carboxylic acids is 1. The van der Waals surface area contributed by atoms with Crippen LogP contribution in [0.1, 0.15) is 24.0 Å². The largest absolute Gasteiger partial charge is 0.481 e. The second kappa shape index (κ2) is 10.2. The predicted molar refractivity (Wildman–Crippen MR) is 107 cm³/mol. The molecule has 0 radical (unpaired) electrons. The second-order valence-corrected chi connectivity index (χ2v) is 6.67. The van der Waals surface area contributed by atoms with Gasteiger partial charge in [0, 0.05) is 12.1 Å². The van der Waals surface area contributed by atoms with Gasteiger partial charge in [-0.2, -0.15) is 10.2 Å². The molecule has 0 bridgehead atoms. The third-order valence-corrected chi connectivity index (χ3v) is 4.50. The van der Waals surface area contributed by atoms with Crippen molar-refractivity contribution in [1.82, 2.24) is 9.97 Å². The quantitative estimate of drug-likeness (QED) is 0.355. The Morgan fingerprint density at radius 2 is 2.17 bits per heavy atom. The monoisotopic (exact) mass is 418 g/mol. The van der Waals surface area contributed by atoms with Crippen LogP contribution < -0.4 is 16.4 Å². The van der Waals surface area contributed by atoms with Crippen molar-refractivity contribution in [2.75, 3.05) is 22.6 Å². The van der Waals surface area contributed by atoms with Crippen LogP contribution in [-0.4, -0.2) is 39.2 Å². The molecule has 11 heteroatoms. The number of alkyl halides is 1. The van der Waals surface area contributed by atoms with Gasteiger partial charge in [-0.1, -0.05) is 12.1 Å². The zero-order valence-electron chi connectivity index (χ0n) is 15.5. The number of aliphatic carboxylic acids is 1. The average Bonchev–Trinajstić information content (AvgIpc) is 2.70. The molecular formula is C18H19FN6O3S. The summed E-state index contributed by atoms with van der Waals surface area (Å²) in [6.45, 7) is -0.687. The van der Waals surface area contributed by atoms with E-state index in [4.69, 9.17) is 10.8 Å². The number of carbonyl (C=O) groups excluding carboxylic acids is 1. The van der Waals surface area contributed by atoms with Crippen LogP contribution in [0.15, 0.2) is 29.3 Å². The van der Waals surface area contributed by atoms with E-state index in [1.807, 2.05) is 6.07 Å². The van der Waals surface area contributed by atoms with Crippen LogP contribution in [-0.2, 0) is 16.3 Å². The van der Waals surface area contributed by atoms with E-state index in [1.165, 1.54) is 17.8 Å². The van der Waals surface area contributed by atoms with Crippen molar-refractivity contribution in [3.8, 4) is 6.07 Å². The number of hydrogen-bond donors (Lipinski definition) is 4. The SMILES string of the molecule is CSc1nc(N)nc(N[C@@H](CCC(=O)O)C(=O)Nc2cccc(CF)c2)c1C#N. The zero-order valence-corrected chi connectivity index (χ0v) is 16.3. The fraction of sp³-hybridized carbons (Fsp3) is 0.278. The van der Waals surface area contributed by atoms with Gasteiger partial charge in [-0.25, -0.2) is 9.37 Å². The molecule has 5 N–H and O–H groups in total. The molecule has 0 fully saturated rings. The van der Waals surface area contributed by atoms with Crippen molar-refractivity contribution in [3.05, 3.63) is 35.4 Å². The molecule has 1 aromatic carbocycles. The Labute approximate surface area is 170 Å². The highest BCUT2D eigenvalue weighted by atomic mass is 32.2. The van der Waals surface area contributed by atoms with Crippen LogP contribution in [0.4, 0.5) is 21.8 Å². The van der Waals surface area contributed by atoms with Crippen molar-refractivity contribution < 1.29 is 19.1 Å². The van der Waals surface area contributed by atoms with E-state index in [9.17, 15) is 19.2 Å². The van der Waals surface area contributed by atoms with Gasteiger partial charge in [-0.05, 0) is 30.4 Å². The van der Waals surface area contributed by atoms with E-state index < -0.39 is 24.6 Å². The molecule has 0 aliphatic carbocycles. The van der Waals surface area contributed by atoms with Gasteiger partial charge in [0.1, 0.15) is 29.4 Å². The molecule has 0 aliphatic heterocycles. The number of nitriles is 1. The first-order chi connectivity index (χ1) is 13.9. The number of nitrogens with two attached hydrogens (primary N) is 1. The summed E-state index contributed by atoms with van der Waals surface area (Å²) in [7, 11) is 0. The summed E-state index contributed by atoms with van der Waals surface area (Å²) >= 11 is 1.18. The molecule has 1 aromatic heterocycles. The summed E-state index contributed by atoms with van der Waals surface area (Å²) in [4.78, 5) is 31.7. The molecule has 29 heavy (non-hydrogen) atoms. The number of nitrogen functional groups attached to an aromatic ring is 1. The highest BCUT2D eigenvalue weighted by Gasteiger charge is 2.23. The zero-order chi connectivity index (χ0) is 21.4. The van der Waals surface area contributed by atoms with E-state index in [0.29, 0.717) is 16.3 Å². The highest BCUT2D eigenvalue weighted by Crippen LogP contribution is 2.25. The lowest BCUT2D eigenvalue weighted by Gasteiger charge is -2.20. The summed E-state index contributed by atoms with van der Waals surface area (Å²) in [5.74, 6) is -1.71. The molecule has 0 unspecified atom stereocenters. The van der Waals surface area contributed by atoms with E-state index in [-0.39, 0.29) is 30.2 Å². The molecule has 9 nitrogen and oxygen atoms in total. The lowest BCUT2D eigenvalue weighted by atomic mass is 10.1. The molecule has 1 atom stereocenters. The number of halogens is 1. The van der Waals surface area contributed by atoms with Crippen LogP contribution in [0.25, 0.3) is 0 Å². The van der Waals surface area contributed by atoms with Gasteiger partial charge < -0.3 is 21.5 Å². The number of rotatable bonds is 9. The van der Waals surface area contributed by atoms with Crippen molar-refractivity contribution >= 4 is 41.1 Å². The van der Waals surface area contributed by atoms with Crippen molar-refractivity contribution in [2.45, 2.75) is 30.6 Å². The highest BCUT2D eigenvalue weighted by molar-refractivity contribution is 7.98. The standard InChI is InChI=1S/C18H19FN6O3S/c1-29-17-12(9-20)15(24-18(21)25-17)23-13(5-6-14(26)27)16(28)22-11-4-2-3-10(7-11)8-19/h2-4,7,13H,5-6,8H2,1H3,(H,22,28)(H,26,27)(H3,21,23,24,25)/t13-/m0/s1. The van der Waals surface area contributed by atoms with Gasteiger partial charge in [0.25, 0.3) is 0 Å². The van der Waals surface area contributed by atoms with Gasteiger partial charge in [0.05, 0.1) is 0 Å². The first-order valence-corrected chi connectivity index (χ1v) is 9.66. The average molecular weight is 418 g/mol. The van der Waals surface area contributed by atoms with Crippen LogP contribution in [0.2, 0.25) is 0 Å². The third-order valence-electron chi connectivity index (χ3n) is 3.82. The Morgan fingerprint density at radius 1 is 1.41 bits per heavy atom. The van der Waals surface area contributed by atoms with Gasteiger partial charge in [-0.15, -0.1) is 11.8 Å². The lowest BCUT2D eigenvalue weighted by molar-refractivity contribution is -0.137. The molecule has 1 amide bonds. The van der Waals surface area contributed by atoms with Gasteiger partial charge >= 0.3 is 5.97 Å². The number of nitrogens with one attached hydrogen (secondary N) is 2. The number of anilines is 3. The molecule has 0 spiro atoms. The fourth-order valence-electron chi connectivity index (χ4n) is 2.47. The van der Waals surface area contributed by atoms with Gasteiger partial charge in [0.2, 0.25) is 11.9 Å². The first-order valence-electron chi connectivity index (χ1n) is 8.43. The molecule has 0 saturated heterocycles. The van der Waals surface area contributed by atoms with E-state index in [1.54, 1.807) is 24.5 Å². The van der Waals surface area contributed by atoms with Crippen molar-refractivity contribution in [1.29, 1.82) is 5.26 Å². The van der Waals surface area contributed by atoms with Gasteiger partial charge in [0.15, 0.2) is 5.82 Å². The molecule has 2 rings (SSSR count). The van der Waals surface area contributed by atoms with Crippen LogP contribution in [0.5, 0.6) is 0 Å². The Balaban J connectivity index is 2.30. The van der Waals surface area contributed by atoms with Crippen molar-refractivity contribution in [3.63, 3.8) is 0 Å². The third kappa shape index (κ3) is 6.05. The lowest BCUT2D eigenvalue weighted by Crippen LogP contribution is -2.36. The Kier molecular flexibility index (Phi) is 7.73. The number of nitrogens with zero attached hydrogens (tertiary/aromatic N) is 3. The van der Waals surface area contributed by atoms with Crippen LogP contribution in [0, 0.1) is 11.3 Å². The van der Waals surface area contributed by atoms with E-state index >= 15 is 0 Å². The molecule has 2 aromatic rings. The second-order valence-electron chi connectivity index (χ2n) is 5.88. The van der Waals surface area contributed by atoms with Crippen LogP contribution in [0.3, 0.4) is 0 Å².